The maximum Gasteiger partial charge on any atom is 0.573 e. The largest absolute Gasteiger partial charge is 0.573 e. The molecular formula is C24H24F4N8O2. The summed E-state index contributed by atoms with van der Waals surface area (Å²) >= 11 is 0. The number of rotatable bonds is 7. The van der Waals surface area contributed by atoms with Crippen LogP contribution in [0, 0.1) is 0 Å². The van der Waals surface area contributed by atoms with Crippen LogP contribution in [-0.4, -0.2) is 76.8 Å². The van der Waals surface area contributed by atoms with Gasteiger partial charge < -0.3 is 25.6 Å². The van der Waals surface area contributed by atoms with Crippen molar-refractivity contribution in [3.05, 3.63) is 42.2 Å². The van der Waals surface area contributed by atoms with E-state index in [4.69, 9.17) is 5.73 Å². The fourth-order valence-electron chi connectivity index (χ4n) is 4.45. The van der Waals surface area contributed by atoms with Gasteiger partial charge in [0.15, 0.2) is 11.4 Å². The number of piperazine rings is 1. The summed E-state index contributed by atoms with van der Waals surface area (Å²) in [7, 11) is 2.00. The highest BCUT2D eigenvalue weighted by Crippen LogP contribution is 2.36. The Morgan fingerprint density at radius 2 is 1.92 bits per heavy atom. The zero-order valence-corrected chi connectivity index (χ0v) is 20.3. The van der Waals surface area contributed by atoms with Crippen LogP contribution < -0.4 is 20.7 Å². The lowest BCUT2D eigenvalue weighted by molar-refractivity contribution is -0.274. The Bertz CT molecular complexity index is 1500. The number of primary amides is 1. The molecule has 2 aromatic heterocycles. The third-order valence-electron chi connectivity index (χ3n) is 6.29. The highest BCUT2D eigenvalue weighted by molar-refractivity contribution is 6.11. The second kappa shape index (κ2) is 9.93. The Kier molecular flexibility index (Phi) is 6.65. The van der Waals surface area contributed by atoms with Gasteiger partial charge in [0.05, 0.1) is 17.7 Å². The van der Waals surface area contributed by atoms with Crippen LogP contribution in [0.15, 0.2) is 36.5 Å². The molecule has 2 aromatic carbocycles. The Labute approximate surface area is 214 Å². The summed E-state index contributed by atoms with van der Waals surface area (Å²) in [4.78, 5) is 24.9. The number of fused-ring (bicyclic) bond motifs is 3. The fourth-order valence-corrected chi connectivity index (χ4v) is 4.45. The number of nitrogens with two attached hydrogens (primary N) is 1. The summed E-state index contributed by atoms with van der Waals surface area (Å²) in [6, 6.07) is 7.65. The van der Waals surface area contributed by atoms with Crippen molar-refractivity contribution < 1.29 is 27.1 Å². The Hall–Kier alpha value is -4.20. The van der Waals surface area contributed by atoms with E-state index in [0.29, 0.717) is 40.6 Å². The maximum atomic E-state index is 13.2. The lowest BCUT2D eigenvalue weighted by atomic mass is 10.1. The van der Waals surface area contributed by atoms with Gasteiger partial charge in [-0.25, -0.2) is 14.4 Å². The van der Waals surface area contributed by atoms with Gasteiger partial charge in [-0.05, 0) is 31.3 Å². The number of amides is 1. The van der Waals surface area contributed by atoms with Crippen molar-refractivity contribution in [2.45, 2.75) is 12.9 Å². The number of nitrogens with one attached hydrogen (secondary N) is 1. The van der Waals surface area contributed by atoms with E-state index in [0.717, 1.165) is 13.1 Å². The zero-order valence-electron chi connectivity index (χ0n) is 20.3. The van der Waals surface area contributed by atoms with Crippen LogP contribution >= 0.6 is 0 Å². The van der Waals surface area contributed by atoms with Gasteiger partial charge in [0, 0.05) is 48.8 Å². The first-order chi connectivity index (χ1) is 18.1. The normalized spacial score (nSPS) is 14.8. The van der Waals surface area contributed by atoms with E-state index in [-0.39, 0.29) is 23.9 Å². The smallest absolute Gasteiger partial charge is 0.404 e. The van der Waals surface area contributed by atoms with Crippen molar-refractivity contribution in [2.75, 3.05) is 50.1 Å². The zero-order chi connectivity index (χ0) is 27.0. The standard InChI is InChI=1S/C24H24F4N8O2/c1-34-8-10-35(11-9-34)15-3-5-18(38-24(26,27)28)17(12-15)31-23-30-13-14-2-4-16-20(22(29)37)33-36(7-6-25)21(16)19(14)32-23/h2-5,12-13H,6-11H2,1H3,(H2,29,37)(H,30,31,32). The number of carbonyl (C=O) groups is 1. The molecule has 200 valence electrons. The number of alkyl halides is 4. The van der Waals surface area contributed by atoms with Crippen LogP contribution in [0.4, 0.5) is 34.9 Å². The van der Waals surface area contributed by atoms with Crippen molar-refractivity contribution >= 4 is 45.0 Å². The van der Waals surface area contributed by atoms with E-state index in [1.165, 1.54) is 16.9 Å². The molecule has 1 fully saturated rings. The number of nitrogens with zero attached hydrogens (tertiary/aromatic N) is 6. The van der Waals surface area contributed by atoms with Gasteiger partial charge in [-0.15, -0.1) is 13.2 Å². The summed E-state index contributed by atoms with van der Waals surface area (Å²) in [6.45, 7) is 2.15. The second-order valence-electron chi connectivity index (χ2n) is 8.86. The highest BCUT2D eigenvalue weighted by Gasteiger charge is 2.32. The quantitative estimate of drug-likeness (QED) is 0.348. The number of halogens is 4. The molecule has 0 bridgehead atoms. The van der Waals surface area contributed by atoms with Crippen LogP contribution in [0.25, 0.3) is 21.8 Å². The minimum Gasteiger partial charge on any atom is -0.404 e. The number of hydrogen-bond acceptors (Lipinski definition) is 8. The lowest BCUT2D eigenvalue weighted by Crippen LogP contribution is -2.44. The number of aromatic nitrogens is 4. The predicted octanol–water partition coefficient (Wildman–Crippen LogP) is 3.44. The van der Waals surface area contributed by atoms with Gasteiger partial charge >= 0.3 is 6.36 Å². The van der Waals surface area contributed by atoms with Crippen LogP contribution in [0.3, 0.4) is 0 Å². The number of benzene rings is 2. The molecule has 0 atom stereocenters. The van der Waals surface area contributed by atoms with Crippen LogP contribution in [0.1, 0.15) is 10.5 Å². The summed E-state index contributed by atoms with van der Waals surface area (Å²) in [5, 5.41) is 7.90. The monoisotopic (exact) mass is 532 g/mol. The second-order valence-corrected chi connectivity index (χ2v) is 8.86. The van der Waals surface area contributed by atoms with E-state index in [9.17, 15) is 22.4 Å². The van der Waals surface area contributed by atoms with Crippen molar-refractivity contribution in [3.8, 4) is 5.75 Å². The van der Waals surface area contributed by atoms with Crippen LogP contribution in [0.5, 0.6) is 5.75 Å². The third kappa shape index (κ3) is 5.11. The predicted molar refractivity (Wildman–Crippen MR) is 133 cm³/mol. The van der Waals surface area contributed by atoms with E-state index in [1.807, 2.05) is 7.05 Å². The van der Waals surface area contributed by atoms with Gasteiger partial charge in [-0.2, -0.15) is 5.10 Å². The highest BCUT2D eigenvalue weighted by atomic mass is 19.4. The number of aryl methyl sites for hydroxylation is 1. The van der Waals surface area contributed by atoms with Crippen molar-refractivity contribution in [1.82, 2.24) is 24.6 Å². The molecule has 10 nitrogen and oxygen atoms in total. The molecule has 38 heavy (non-hydrogen) atoms. The average Bonchev–Trinajstić information content (AvgIpc) is 3.24. The Morgan fingerprint density at radius 3 is 2.61 bits per heavy atom. The molecule has 3 N–H and O–H groups in total. The summed E-state index contributed by atoms with van der Waals surface area (Å²) in [5.41, 5.74) is 6.82. The van der Waals surface area contributed by atoms with E-state index >= 15 is 0 Å². The first-order valence-corrected chi connectivity index (χ1v) is 11.8. The molecule has 0 spiro atoms. The molecular weight excluding hydrogens is 508 g/mol. The SMILES string of the molecule is CN1CCN(c2ccc(OC(F)(F)F)c(Nc3ncc4ccc5c(C(N)=O)nn(CCF)c5c4n3)c2)CC1. The third-order valence-corrected chi connectivity index (χ3v) is 6.29. The molecule has 4 aromatic rings. The Morgan fingerprint density at radius 1 is 1.16 bits per heavy atom. The first kappa shape index (κ1) is 25.4. The van der Waals surface area contributed by atoms with Crippen LogP contribution in [0.2, 0.25) is 0 Å². The molecule has 1 amide bonds. The van der Waals surface area contributed by atoms with Crippen molar-refractivity contribution in [2.24, 2.45) is 5.73 Å². The number of carbonyl (C=O) groups excluding carboxylic acids is 1. The number of anilines is 3. The summed E-state index contributed by atoms with van der Waals surface area (Å²) in [6.07, 6.45) is -3.44. The number of ether oxygens (including phenoxy) is 1. The molecule has 1 aliphatic rings. The van der Waals surface area contributed by atoms with Gasteiger partial charge in [-0.3, -0.25) is 9.48 Å². The minimum atomic E-state index is -4.91. The molecule has 1 saturated heterocycles. The van der Waals surface area contributed by atoms with Gasteiger partial charge in [0.1, 0.15) is 12.2 Å². The molecule has 1 aliphatic heterocycles. The molecule has 0 unspecified atom stereocenters. The topological polar surface area (TPSA) is 114 Å². The van der Waals surface area contributed by atoms with E-state index in [2.05, 4.69) is 34.9 Å². The van der Waals surface area contributed by atoms with Gasteiger partial charge in [-0.1, -0.05) is 6.07 Å². The van der Waals surface area contributed by atoms with Gasteiger partial charge in [0.25, 0.3) is 5.91 Å². The lowest BCUT2D eigenvalue weighted by Gasteiger charge is -2.34. The number of hydrogen-bond donors (Lipinski definition) is 2. The molecule has 3 heterocycles. The fraction of sp³-hybridized carbons (Fsp3) is 0.333. The van der Waals surface area contributed by atoms with Crippen LogP contribution in [-0.2, 0) is 6.54 Å². The average molecular weight is 533 g/mol. The van der Waals surface area contributed by atoms with Crippen molar-refractivity contribution in [1.29, 1.82) is 0 Å². The molecule has 5 rings (SSSR count). The first-order valence-electron chi connectivity index (χ1n) is 11.8. The minimum absolute atomic E-state index is 0.0142. The molecule has 0 aliphatic carbocycles. The van der Waals surface area contributed by atoms with E-state index in [1.54, 1.807) is 24.3 Å². The number of likely N-dealkylation sites (N-methyl/N-ethyl adjacent to an activating group) is 1. The maximum absolute atomic E-state index is 13.2. The van der Waals surface area contributed by atoms with Crippen molar-refractivity contribution in [3.63, 3.8) is 0 Å². The van der Waals surface area contributed by atoms with E-state index < -0.39 is 24.7 Å². The molecule has 0 saturated carbocycles. The summed E-state index contributed by atoms with van der Waals surface area (Å²) in [5.74, 6) is -1.26. The Balaban J connectivity index is 1.58. The summed E-state index contributed by atoms with van der Waals surface area (Å²) < 4.78 is 58.2. The van der Waals surface area contributed by atoms with Gasteiger partial charge in [0.2, 0.25) is 5.95 Å². The molecule has 14 heteroatoms. The molecule has 0 radical (unpaired) electrons.